The maximum absolute atomic E-state index is 4.68. The number of hydrogen-bond acceptors (Lipinski definition) is 5. The zero-order valence-corrected chi connectivity index (χ0v) is 10.7. The number of nitrogens with one attached hydrogen (secondary N) is 1. The number of nitrogens with zero attached hydrogens (tertiary/aromatic N) is 2. The molecule has 1 fully saturated rings. The molecule has 0 radical (unpaired) electrons. The first-order chi connectivity index (χ1) is 7.79. The molecule has 0 aromatic carbocycles. The normalized spacial score (nSPS) is 25.9. The van der Waals surface area contributed by atoms with E-state index in [0.717, 1.165) is 23.2 Å². The summed E-state index contributed by atoms with van der Waals surface area (Å²) in [5.74, 6) is 0. The Kier molecular flexibility index (Phi) is 4.23. The molecule has 5 heteroatoms. The number of aromatic nitrogens is 2. The highest BCUT2D eigenvalue weighted by Gasteiger charge is 2.20. The lowest BCUT2D eigenvalue weighted by atomic mass is 9.95. The number of aryl methyl sites for hydroxylation is 1. The maximum Gasteiger partial charge on any atom is 0.121 e. The Morgan fingerprint density at radius 1 is 1.31 bits per heavy atom. The Morgan fingerprint density at radius 2 is 2.06 bits per heavy atom. The third kappa shape index (κ3) is 2.98. The van der Waals surface area contributed by atoms with E-state index in [0.29, 0.717) is 6.04 Å². The fourth-order valence-electron chi connectivity index (χ4n) is 2.15. The molecular weight excluding hydrogens is 222 g/mol. The van der Waals surface area contributed by atoms with Gasteiger partial charge in [-0.05, 0) is 38.9 Å². The van der Waals surface area contributed by atoms with Crippen molar-refractivity contribution in [1.82, 2.24) is 15.6 Å². The van der Waals surface area contributed by atoms with Gasteiger partial charge in [0.15, 0.2) is 0 Å². The molecule has 0 aliphatic heterocycles. The van der Waals surface area contributed by atoms with Gasteiger partial charge in [-0.1, -0.05) is 10.3 Å². The van der Waals surface area contributed by atoms with Gasteiger partial charge in [0.1, 0.15) is 11.4 Å². The number of hydrogen-bond donors (Lipinski definition) is 1. The summed E-state index contributed by atoms with van der Waals surface area (Å²) in [5.41, 5.74) is 1.83. The molecule has 1 heterocycles. The number of thioether (sulfide) groups is 1. The molecule has 90 valence electrons. The monoisotopic (exact) mass is 241 g/mol. The largest absolute Gasteiger partial charge is 0.308 e. The van der Waals surface area contributed by atoms with Gasteiger partial charge in [0.05, 0.1) is 0 Å². The predicted molar refractivity (Wildman–Crippen MR) is 65.4 cm³/mol. The lowest BCUT2D eigenvalue weighted by Gasteiger charge is -2.27. The van der Waals surface area contributed by atoms with Gasteiger partial charge in [-0.15, -0.1) is 0 Å². The average Bonchev–Trinajstić information content (AvgIpc) is 2.73. The zero-order valence-electron chi connectivity index (χ0n) is 9.90. The summed E-state index contributed by atoms with van der Waals surface area (Å²) in [5, 5.41) is 12.1. The topological polar surface area (TPSA) is 51.0 Å². The molecule has 16 heavy (non-hydrogen) atoms. The predicted octanol–water partition coefficient (Wildman–Crippen LogP) is 2.14. The smallest absolute Gasteiger partial charge is 0.121 e. The molecule has 1 aromatic heterocycles. The average molecular weight is 241 g/mol. The van der Waals surface area contributed by atoms with Crippen LogP contribution in [0, 0.1) is 6.92 Å². The molecule has 1 aromatic rings. The number of rotatable bonds is 4. The highest BCUT2D eigenvalue weighted by molar-refractivity contribution is 7.99. The Morgan fingerprint density at radius 3 is 2.62 bits per heavy atom. The summed E-state index contributed by atoms with van der Waals surface area (Å²) in [7, 11) is 0. The van der Waals surface area contributed by atoms with Crippen LogP contribution in [0.15, 0.2) is 4.63 Å². The Bertz CT molecular complexity index is 321. The van der Waals surface area contributed by atoms with Crippen LogP contribution < -0.4 is 5.32 Å². The van der Waals surface area contributed by atoms with Crippen LogP contribution >= 0.6 is 11.8 Å². The molecule has 0 atom stereocenters. The lowest BCUT2D eigenvalue weighted by molar-refractivity contribution is 0.298. The summed E-state index contributed by atoms with van der Waals surface area (Å²) in [4.78, 5) is 0. The van der Waals surface area contributed by atoms with Crippen LogP contribution in [0.1, 0.15) is 37.1 Å². The van der Waals surface area contributed by atoms with Crippen molar-refractivity contribution in [2.75, 3.05) is 6.26 Å². The molecule has 4 nitrogen and oxygen atoms in total. The van der Waals surface area contributed by atoms with Crippen molar-refractivity contribution in [3.63, 3.8) is 0 Å². The molecule has 2 rings (SSSR count). The van der Waals surface area contributed by atoms with E-state index in [1.54, 1.807) is 0 Å². The molecule has 1 saturated carbocycles. The molecular formula is C11H19N3OS. The van der Waals surface area contributed by atoms with Crippen molar-refractivity contribution < 1.29 is 4.63 Å². The second-order valence-electron chi connectivity index (χ2n) is 4.39. The quantitative estimate of drug-likeness (QED) is 0.875. The first-order valence-electron chi connectivity index (χ1n) is 5.84. The van der Waals surface area contributed by atoms with Crippen LogP contribution in [0.2, 0.25) is 0 Å². The SMILES string of the molecule is CSC1CCC(NCc2nonc2C)CC1. The Balaban J connectivity index is 1.73. The molecule has 1 N–H and O–H groups in total. The highest BCUT2D eigenvalue weighted by Crippen LogP contribution is 2.26. The zero-order chi connectivity index (χ0) is 11.4. The van der Waals surface area contributed by atoms with Gasteiger partial charge in [-0.25, -0.2) is 4.63 Å². The highest BCUT2D eigenvalue weighted by atomic mass is 32.2. The summed E-state index contributed by atoms with van der Waals surface area (Å²) >= 11 is 2.00. The van der Waals surface area contributed by atoms with Gasteiger partial charge in [0.25, 0.3) is 0 Å². The standard InChI is InChI=1S/C11H19N3OS/c1-8-11(14-15-13-8)7-12-9-3-5-10(16-2)6-4-9/h9-10,12H,3-7H2,1-2H3. The molecule has 1 aliphatic rings. The lowest BCUT2D eigenvalue weighted by Crippen LogP contribution is -2.33. The minimum atomic E-state index is 0.638. The Hall–Kier alpha value is -0.550. The van der Waals surface area contributed by atoms with Crippen LogP contribution in [0.25, 0.3) is 0 Å². The first kappa shape index (κ1) is 11.9. The minimum absolute atomic E-state index is 0.638. The van der Waals surface area contributed by atoms with E-state index in [2.05, 4.69) is 26.5 Å². The van der Waals surface area contributed by atoms with Crippen LogP contribution in [0.4, 0.5) is 0 Å². The summed E-state index contributed by atoms with van der Waals surface area (Å²) < 4.78 is 4.68. The van der Waals surface area contributed by atoms with Crippen molar-refractivity contribution in [2.45, 2.75) is 50.4 Å². The second-order valence-corrected chi connectivity index (χ2v) is 5.52. The van der Waals surface area contributed by atoms with Crippen molar-refractivity contribution in [1.29, 1.82) is 0 Å². The van der Waals surface area contributed by atoms with Crippen LogP contribution in [0.5, 0.6) is 0 Å². The van der Waals surface area contributed by atoms with Crippen LogP contribution in [0.3, 0.4) is 0 Å². The minimum Gasteiger partial charge on any atom is -0.308 e. The third-order valence-corrected chi connectivity index (χ3v) is 4.45. The van der Waals surface area contributed by atoms with Crippen LogP contribution in [-0.2, 0) is 6.54 Å². The molecule has 0 amide bonds. The summed E-state index contributed by atoms with van der Waals surface area (Å²) in [6, 6.07) is 0.638. The van der Waals surface area contributed by atoms with E-state index in [9.17, 15) is 0 Å². The summed E-state index contributed by atoms with van der Waals surface area (Å²) in [6.45, 7) is 2.71. The fraction of sp³-hybridized carbons (Fsp3) is 0.818. The van der Waals surface area contributed by atoms with Gasteiger partial charge in [-0.3, -0.25) is 0 Å². The molecule has 0 spiro atoms. The molecule has 1 aliphatic carbocycles. The molecule has 0 bridgehead atoms. The molecule has 0 unspecified atom stereocenters. The van der Waals surface area contributed by atoms with Crippen LogP contribution in [-0.4, -0.2) is 27.9 Å². The van der Waals surface area contributed by atoms with Gasteiger partial charge >= 0.3 is 0 Å². The van der Waals surface area contributed by atoms with E-state index in [4.69, 9.17) is 0 Å². The van der Waals surface area contributed by atoms with Gasteiger partial charge < -0.3 is 5.32 Å². The van der Waals surface area contributed by atoms with Crippen molar-refractivity contribution in [3.8, 4) is 0 Å². The van der Waals surface area contributed by atoms with E-state index in [-0.39, 0.29) is 0 Å². The summed E-state index contributed by atoms with van der Waals surface area (Å²) in [6.07, 6.45) is 7.41. The van der Waals surface area contributed by atoms with E-state index < -0.39 is 0 Å². The van der Waals surface area contributed by atoms with Crippen molar-refractivity contribution in [3.05, 3.63) is 11.4 Å². The van der Waals surface area contributed by atoms with E-state index in [1.165, 1.54) is 25.7 Å². The second kappa shape index (κ2) is 5.68. The van der Waals surface area contributed by atoms with Gasteiger partial charge in [0, 0.05) is 17.8 Å². The fourth-order valence-corrected chi connectivity index (χ4v) is 2.90. The van der Waals surface area contributed by atoms with Crippen molar-refractivity contribution >= 4 is 11.8 Å². The third-order valence-electron chi connectivity index (χ3n) is 3.31. The van der Waals surface area contributed by atoms with Gasteiger partial charge in [-0.2, -0.15) is 11.8 Å². The van der Waals surface area contributed by atoms with E-state index >= 15 is 0 Å². The van der Waals surface area contributed by atoms with E-state index in [1.807, 2.05) is 18.7 Å². The Labute approximate surface area is 101 Å². The van der Waals surface area contributed by atoms with Crippen molar-refractivity contribution in [2.24, 2.45) is 0 Å². The van der Waals surface area contributed by atoms with Gasteiger partial charge in [0.2, 0.25) is 0 Å². The maximum atomic E-state index is 4.68. The first-order valence-corrected chi connectivity index (χ1v) is 7.12. The molecule has 0 saturated heterocycles.